The minimum atomic E-state index is 0.395. The van der Waals surface area contributed by atoms with Gasteiger partial charge in [-0.15, -0.1) is 0 Å². The molecule has 0 bridgehead atoms. The molecule has 0 amide bonds. The minimum Gasteiger partial charge on any atom is -0.437 e. The van der Waals surface area contributed by atoms with Crippen LogP contribution in [0.5, 0.6) is 11.6 Å². The van der Waals surface area contributed by atoms with Gasteiger partial charge in [-0.05, 0) is 59.1 Å². The summed E-state index contributed by atoms with van der Waals surface area (Å²) >= 11 is 9.28. The number of rotatable bonds is 2. The molecule has 5 heteroatoms. The summed E-state index contributed by atoms with van der Waals surface area (Å²) in [6.45, 7) is 3.87. The molecule has 18 heavy (non-hydrogen) atoms. The number of nitrogens with two attached hydrogens (primary N) is 1. The van der Waals surface area contributed by atoms with Crippen molar-refractivity contribution in [2.75, 3.05) is 5.73 Å². The number of pyridine rings is 1. The van der Waals surface area contributed by atoms with E-state index in [1.54, 1.807) is 12.3 Å². The topological polar surface area (TPSA) is 48.1 Å². The van der Waals surface area contributed by atoms with Crippen LogP contribution in [0.2, 0.25) is 5.02 Å². The second-order valence-corrected chi connectivity index (χ2v) is 5.37. The Balaban J connectivity index is 2.40. The first-order chi connectivity index (χ1) is 8.47. The van der Waals surface area contributed by atoms with Gasteiger partial charge in [0.1, 0.15) is 5.75 Å². The highest BCUT2D eigenvalue weighted by Gasteiger charge is 2.10. The van der Waals surface area contributed by atoms with E-state index in [4.69, 9.17) is 22.1 Å². The lowest BCUT2D eigenvalue weighted by atomic mass is 10.1. The average molecular weight is 328 g/mol. The lowest BCUT2D eigenvalue weighted by molar-refractivity contribution is 0.458. The SMILES string of the molecule is Cc1cc(Cl)cc(C)c1Oc1ncc(Br)cc1N. The van der Waals surface area contributed by atoms with Crippen LogP contribution in [0, 0.1) is 13.8 Å². The Kier molecular flexibility index (Phi) is 3.78. The van der Waals surface area contributed by atoms with Crippen molar-refractivity contribution in [3.05, 3.63) is 45.0 Å². The zero-order valence-electron chi connectivity index (χ0n) is 10.00. The smallest absolute Gasteiger partial charge is 0.242 e. The summed E-state index contributed by atoms with van der Waals surface area (Å²) in [5, 5.41) is 0.689. The maximum absolute atomic E-state index is 5.98. The Morgan fingerprint density at radius 3 is 2.39 bits per heavy atom. The largest absolute Gasteiger partial charge is 0.437 e. The van der Waals surface area contributed by atoms with Crippen LogP contribution in [0.25, 0.3) is 0 Å². The fourth-order valence-corrected chi connectivity index (χ4v) is 2.36. The van der Waals surface area contributed by atoms with Gasteiger partial charge in [0.15, 0.2) is 0 Å². The Morgan fingerprint density at radius 2 is 1.83 bits per heavy atom. The maximum atomic E-state index is 5.98. The molecule has 2 rings (SSSR count). The van der Waals surface area contributed by atoms with Crippen LogP contribution < -0.4 is 10.5 Å². The van der Waals surface area contributed by atoms with Gasteiger partial charge in [0, 0.05) is 15.7 Å². The molecule has 0 radical (unpaired) electrons. The number of nitrogen functional groups attached to an aromatic ring is 1. The van der Waals surface area contributed by atoms with E-state index in [1.807, 2.05) is 26.0 Å². The van der Waals surface area contributed by atoms with Gasteiger partial charge in [0.25, 0.3) is 0 Å². The number of nitrogens with zero attached hydrogens (tertiary/aromatic N) is 1. The number of anilines is 1. The molecule has 1 heterocycles. The lowest BCUT2D eigenvalue weighted by Crippen LogP contribution is -1.97. The Labute approximate surface area is 119 Å². The van der Waals surface area contributed by atoms with Gasteiger partial charge in [-0.25, -0.2) is 4.98 Å². The van der Waals surface area contributed by atoms with E-state index >= 15 is 0 Å². The Bertz CT molecular complexity index is 579. The van der Waals surface area contributed by atoms with Gasteiger partial charge in [0.05, 0.1) is 5.69 Å². The van der Waals surface area contributed by atoms with Crippen LogP contribution in [0.15, 0.2) is 28.9 Å². The van der Waals surface area contributed by atoms with Crippen LogP contribution >= 0.6 is 27.5 Å². The minimum absolute atomic E-state index is 0.395. The lowest BCUT2D eigenvalue weighted by Gasteiger charge is -2.12. The van der Waals surface area contributed by atoms with E-state index in [-0.39, 0.29) is 0 Å². The predicted molar refractivity (Wildman–Crippen MR) is 77.3 cm³/mol. The Hall–Kier alpha value is -1.26. The van der Waals surface area contributed by atoms with E-state index < -0.39 is 0 Å². The van der Waals surface area contributed by atoms with E-state index in [2.05, 4.69) is 20.9 Å². The van der Waals surface area contributed by atoms with Crippen LogP contribution in [0.4, 0.5) is 5.69 Å². The normalized spacial score (nSPS) is 10.4. The summed E-state index contributed by atoms with van der Waals surface area (Å²) in [4.78, 5) is 4.15. The fraction of sp³-hybridized carbons (Fsp3) is 0.154. The number of hydrogen-bond acceptors (Lipinski definition) is 3. The molecule has 2 N–H and O–H groups in total. The summed E-state index contributed by atoms with van der Waals surface area (Å²) < 4.78 is 6.58. The highest BCUT2D eigenvalue weighted by Crippen LogP contribution is 2.33. The first-order valence-electron chi connectivity index (χ1n) is 5.33. The predicted octanol–water partition coefficient (Wildman–Crippen LogP) is 4.49. The van der Waals surface area contributed by atoms with Crippen LogP contribution in [-0.4, -0.2) is 4.98 Å². The molecule has 1 aromatic carbocycles. The van der Waals surface area contributed by atoms with E-state index in [9.17, 15) is 0 Å². The summed E-state index contributed by atoms with van der Waals surface area (Å²) in [6, 6.07) is 5.45. The molecule has 94 valence electrons. The van der Waals surface area contributed by atoms with E-state index in [0.717, 1.165) is 21.3 Å². The summed E-state index contributed by atoms with van der Waals surface area (Å²) in [5.41, 5.74) is 8.24. The van der Waals surface area contributed by atoms with Crippen molar-refractivity contribution >= 4 is 33.2 Å². The van der Waals surface area contributed by atoms with Crippen molar-refractivity contribution in [3.8, 4) is 11.6 Å². The average Bonchev–Trinajstić information content (AvgIpc) is 2.25. The summed E-state index contributed by atoms with van der Waals surface area (Å²) in [7, 11) is 0. The van der Waals surface area contributed by atoms with Crippen molar-refractivity contribution in [2.45, 2.75) is 13.8 Å². The highest BCUT2D eigenvalue weighted by atomic mass is 79.9. The van der Waals surface area contributed by atoms with Gasteiger partial charge in [-0.2, -0.15) is 0 Å². The van der Waals surface area contributed by atoms with Crippen molar-refractivity contribution in [1.29, 1.82) is 0 Å². The van der Waals surface area contributed by atoms with E-state index in [1.165, 1.54) is 0 Å². The maximum Gasteiger partial charge on any atom is 0.242 e. The third-order valence-electron chi connectivity index (χ3n) is 2.47. The number of benzene rings is 1. The monoisotopic (exact) mass is 326 g/mol. The molecule has 0 atom stereocenters. The van der Waals surface area contributed by atoms with Gasteiger partial charge in [0.2, 0.25) is 5.88 Å². The standard InChI is InChI=1S/C13H12BrClN2O/c1-7-3-10(15)4-8(2)12(7)18-13-11(16)5-9(14)6-17-13/h3-6H,16H2,1-2H3. The molecule has 1 aromatic heterocycles. The third kappa shape index (κ3) is 2.76. The zero-order chi connectivity index (χ0) is 13.3. The molecule has 0 aliphatic carbocycles. The van der Waals surface area contributed by atoms with Gasteiger partial charge >= 0.3 is 0 Å². The number of halogens is 2. The van der Waals surface area contributed by atoms with Crippen LogP contribution in [0.3, 0.4) is 0 Å². The number of hydrogen-bond donors (Lipinski definition) is 1. The highest BCUT2D eigenvalue weighted by molar-refractivity contribution is 9.10. The van der Waals surface area contributed by atoms with Crippen molar-refractivity contribution in [3.63, 3.8) is 0 Å². The molecule has 0 saturated carbocycles. The number of aryl methyl sites for hydroxylation is 2. The van der Waals surface area contributed by atoms with Gasteiger partial charge in [-0.1, -0.05) is 11.6 Å². The summed E-state index contributed by atoms with van der Waals surface area (Å²) in [6.07, 6.45) is 1.65. The Morgan fingerprint density at radius 1 is 1.22 bits per heavy atom. The molecule has 0 unspecified atom stereocenters. The third-order valence-corrected chi connectivity index (χ3v) is 3.12. The first-order valence-corrected chi connectivity index (χ1v) is 6.50. The van der Waals surface area contributed by atoms with Crippen LogP contribution in [0.1, 0.15) is 11.1 Å². The molecule has 0 saturated heterocycles. The van der Waals surface area contributed by atoms with Crippen molar-refractivity contribution in [2.24, 2.45) is 0 Å². The van der Waals surface area contributed by atoms with Gasteiger partial charge in [-0.3, -0.25) is 0 Å². The summed E-state index contributed by atoms with van der Waals surface area (Å²) in [5.74, 6) is 1.13. The molecular weight excluding hydrogens is 316 g/mol. The molecule has 0 aliphatic rings. The fourth-order valence-electron chi connectivity index (χ4n) is 1.68. The molecule has 3 nitrogen and oxygen atoms in total. The quantitative estimate of drug-likeness (QED) is 0.884. The van der Waals surface area contributed by atoms with E-state index in [0.29, 0.717) is 16.6 Å². The van der Waals surface area contributed by atoms with Gasteiger partial charge < -0.3 is 10.5 Å². The molecule has 0 fully saturated rings. The van der Waals surface area contributed by atoms with Crippen LogP contribution in [-0.2, 0) is 0 Å². The van der Waals surface area contributed by atoms with Crippen molar-refractivity contribution < 1.29 is 4.74 Å². The van der Waals surface area contributed by atoms with Crippen molar-refractivity contribution in [1.82, 2.24) is 4.98 Å². The molecule has 2 aromatic rings. The zero-order valence-corrected chi connectivity index (χ0v) is 12.3. The second-order valence-electron chi connectivity index (χ2n) is 4.02. The number of ether oxygens (including phenoxy) is 1. The molecule has 0 aliphatic heterocycles. The molecular formula is C13H12BrClN2O. The second kappa shape index (κ2) is 5.16. The first kappa shape index (κ1) is 13.2. The molecule has 0 spiro atoms. The number of aromatic nitrogens is 1.